The number of carbonyl (C=O) groups is 1. The second-order valence-electron chi connectivity index (χ2n) is 2.44. The minimum absolute atomic E-state index is 0.129. The minimum Gasteiger partial charge on any atom is -0.508 e. The molecule has 3 N–H and O–H groups in total. The van der Waals surface area contributed by atoms with E-state index in [-0.39, 0.29) is 5.75 Å². The van der Waals surface area contributed by atoms with Crippen molar-refractivity contribution in [3.05, 3.63) is 29.3 Å². The van der Waals surface area contributed by atoms with Crippen molar-refractivity contribution in [2.75, 3.05) is 0 Å². The Labute approximate surface area is 69.4 Å². The predicted octanol–water partition coefficient (Wildman–Crippen LogP) is 0.820. The lowest BCUT2D eigenvalue weighted by atomic mass is 10.1. The molecule has 4 heteroatoms. The molecule has 0 radical (unpaired) electrons. The predicted molar refractivity (Wildman–Crippen MR) is 42.1 cm³/mol. The molecule has 0 heterocycles. The number of benzene rings is 1. The number of hydroxylamine groups is 1. The van der Waals surface area contributed by atoms with Gasteiger partial charge in [-0.3, -0.25) is 10.0 Å². The molecule has 1 rings (SSSR count). The van der Waals surface area contributed by atoms with Gasteiger partial charge < -0.3 is 5.11 Å². The Morgan fingerprint density at radius 2 is 2.17 bits per heavy atom. The molecule has 0 saturated heterocycles. The van der Waals surface area contributed by atoms with Crippen LogP contribution in [0.4, 0.5) is 0 Å². The Balaban J connectivity index is 3.05. The maximum Gasteiger partial charge on any atom is 0.274 e. The number of amides is 1. The molecule has 1 amide bonds. The first-order chi connectivity index (χ1) is 5.65. The van der Waals surface area contributed by atoms with Gasteiger partial charge in [-0.25, -0.2) is 5.48 Å². The quantitative estimate of drug-likeness (QED) is 0.428. The molecule has 1 aromatic carbocycles. The maximum absolute atomic E-state index is 10.8. The largest absolute Gasteiger partial charge is 0.508 e. The van der Waals surface area contributed by atoms with Crippen molar-refractivity contribution in [3.8, 4) is 5.75 Å². The van der Waals surface area contributed by atoms with Gasteiger partial charge in [0.25, 0.3) is 5.91 Å². The highest BCUT2D eigenvalue weighted by Gasteiger charge is 2.04. The zero-order valence-corrected chi connectivity index (χ0v) is 6.53. The standard InChI is InChI=1S/C8H9NO3/c1-5-4-6(8(11)9-12)2-3-7(5)10/h2-4,10,12H,1H3,(H,9,11). The van der Waals surface area contributed by atoms with Gasteiger partial charge in [-0.1, -0.05) is 0 Å². The number of aromatic hydroxyl groups is 1. The Kier molecular flexibility index (Phi) is 2.30. The van der Waals surface area contributed by atoms with Crippen molar-refractivity contribution in [1.82, 2.24) is 5.48 Å². The van der Waals surface area contributed by atoms with Crippen molar-refractivity contribution in [1.29, 1.82) is 0 Å². The Morgan fingerprint density at radius 3 is 2.67 bits per heavy atom. The van der Waals surface area contributed by atoms with E-state index in [1.807, 2.05) is 0 Å². The fourth-order valence-corrected chi connectivity index (χ4v) is 0.861. The molecular weight excluding hydrogens is 158 g/mol. The second-order valence-corrected chi connectivity index (χ2v) is 2.44. The first-order valence-corrected chi connectivity index (χ1v) is 3.39. The van der Waals surface area contributed by atoms with E-state index in [4.69, 9.17) is 10.3 Å². The molecule has 0 bridgehead atoms. The van der Waals surface area contributed by atoms with Gasteiger partial charge in [-0.2, -0.15) is 0 Å². The summed E-state index contributed by atoms with van der Waals surface area (Å²) in [5.41, 5.74) is 2.41. The lowest BCUT2D eigenvalue weighted by Crippen LogP contribution is -2.18. The van der Waals surface area contributed by atoms with Crippen LogP contribution in [0, 0.1) is 6.92 Å². The molecule has 0 spiro atoms. The second kappa shape index (κ2) is 3.23. The third-order valence-corrected chi connectivity index (χ3v) is 1.56. The lowest BCUT2D eigenvalue weighted by Gasteiger charge is -2.01. The summed E-state index contributed by atoms with van der Waals surface area (Å²) >= 11 is 0. The van der Waals surface area contributed by atoms with Gasteiger partial charge in [0, 0.05) is 5.56 Å². The summed E-state index contributed by atoms with van der Waals surface area (Å²) in [6.45, 7) is 1.67. The van der Waals surface area contributed by atoms with Crippen LogP contribution in [0.2, 0.25) is 0 Å². The van der Waals surface area contributed by atoms with E-state index in [0.29, 0.717) is 11.1 Å². The molecule has 0 fully saturated rings. The highest BCUT2D eigenvalue weighted by molar-refractivity contribution is 5.93. The third-order valence-electron chi connectivity index (χ3n) is 1.56. The minimum atomic E-state index is -0.585. The van der Waals surface area contributed by atoms with Crippen LogP contribution in [0.1, 0.15) is 15.9 Å². The lowest BCUT2D eigenvalue weighted by molar-refractivity contribution is 0.0706. The summed E-state index contributed by atoms with van der Waals surface area (Å²) in [5, 5.41) is 17.4. The molecule has 64 valence electrons. The summed E-state index contributed by atoms with van der Waals surface area (Å²) in [5.74, 6) is -0.456. The van der Waals surface area contributed by atoms with Crippen LogP contribution in [0.3, 0.4) is 0 Å². The van der Waals surface area contributed by atoms with Crippen LogP contribution in [0.25, 0.3) is 0 Å². The van der Waals surface area contributed by atoms with E-state index >= 15 is 0 Å². The molecule has 0 aliphatic carbocycles. The van der Waals surface area contributed by atoms with E-state index in [1.165, 1.54) is 23.7 Å². The zero-order chi connectivity index (χ0) is 9.14. The topological polar surface area (TPSA) is 69.6 Å². The van der Waals surface area contributed by atoms with Gasteiger partial charge in [-0.15, -0.1) is 0 Å². The molecule has 4 nitrogen and oxygen atoms in total. The van der Waals surface area contributed by atoms with Gasteiger partial charge >= 0.3 is 0 Å². The summed E-state index contributed by atoms with van der Waals surface area (Å²) in [6.07, 6.45) is 0. The number of hydrogen-bond donors (Lipinski definition) is 3. The van der Waals surface area contributed by atoms with E-state index in [2.05, 4.69) is 0 Å². The van der Waals surface area contributed by atoms with Gasteiger partial charge in [0.15, 0.2) is 0 Å². The molecule has 1 aromatic rings. The molecule has 12 heavy (non-hydrogen) atoms. The molecule has 0 saturated carbocycles. The van der Waals surface area contributed by atoms with Crippen LogP contribution in [-0.2, 0) is 0 Å². The van der Waals surface area contributed by atoms with Crippen molar-refractivity contribution < 1.29 is 15.1 Å². The van der Waals surface area contributed by atoms with Gasteiger partial charge in [0.2, 0.25) is 0 Å². The smallest absolute Gasteiger partial charge is 0.274 e. The highest BCUT2D eigenvalue weighted by Crippen LogP contribution is 2.16. The van der Waals surface area contributed by atoms with Crippen LogP contribution in [0.5, 0.6) is 5.75 Å². The van der Waals surface area contributed by atoms with Crippen LogP contribution < -0.4 is 5.48 Å². The first kappa shape index (κ1) is 8.55. The van der Waals surface area contributed by atoms with Crippen molar-refractivity contribution in [2.24, 2.45) is 0 Å². The number of carbonyl (C=O) groups excluding carboxylic acids is 1. The highest BCUT2D eigenvalue weighted by atomic mass is 16.5. The molecule has 0 aliphatic rings. The monoisotopic (exact) mass is 167 g/mol. The van der Waals surface area contributed by atoms with Crippen molar-refractivity contribution in [3.63, 3.8) is 0 Å². The first-order valence-electron chi connectivity index (χ1n) is 3.39. The Hall–Kier alpha value is -1.55. The van der Waals surface area contributed by atoms with Crippen molar-refractivity contribution >= 4 is 5.91 Å². The maximum atomic E-state index is 10.8. The summed E-state index contributed by atoms with van der Waals surface area (Å²) in [6, 6.07) is 4.31. The van der Waals surface area contributed by atoms with E-state index in [1.54, 1.807) is 6.92 Å². The summed E-state index contributed by atoms with van der Waals surface area (Å²) < 4.78 is 0. The Bertz CT molecular complexity index is 309. The number of nitrogens with one attached hydrogen (secondary N) is 1. The van der Waals surface area contributed by atoms with E-state index in [9.17, 15) is 4.79 Å². The van der Waals surface area contributed by atoms with E-state index in [0.717, 1.165) is 0 Å². The van der Waals surface area contributed by atoms with Crippen LogP contribution in [-0.4, -0.2) is 16.2 Å². The molecule has 0 atom stereocenters. The van der Waals surface area contributed by atoms with Crippen molar-refractivity contribution in [2.45, 2.75) is 6.92 Å². The molecule has 0 aliphatic heterocycles. The molecular formula is C8H9NO3. The number of phenolic OH excluding ortho intramolecular Hbond substituents is 1. The van der Waals surface area contributed by atoms with Gasteiger partial charge in [0.05, 0.1) is 0 Å². The molecule has 0 unspecified atom stereocenters. The fourth-order valence-electron chi connectivity index (χ4n) is 0.861. The van der Waals surface area contributed by atoms with Crippen LogP contribution >= 0.6 is 0 Å². The van der Waals surface area contributed by atoms with Gasteiger partial charge in [0.1, 0.15) is 5.75 Å². The normalized spacial score (nSPS) is 9.50. The number of hydrogen-bond acceptors (Lipinski definition) is 3. The SMILES string of the molecule is Cc1cc(C(=O)NO)ccc1O. The number of rotatable bonds is 1. The van der Waals surface area contributed by atoms with Gasteiger partial charge in [-0.05, 0) is 30.7 Å². The average Bonchev–Trinajstić information content (AvgIpc) is 2.08. The average molecular weight is 167 g/mol. The number of aryl methyl sites for hydroxylation is 1. The third kappa shape index (κ3) is 1.54. The summed E-state index contributed by atoms with van der Waals surface area (Å²) in [7, 11) is 0. The number of phenols is 1. The van der Waals surface area contributed by atoms with E-state index < -0.39 is 5.91 Å². The van der Waals surface area contributed by atoms with Crippen LogP contribution in [0.15, 0.2) is 18.2 Å². The fraction of sp³-hybridized carbons (Fsp3) is 0.125. The molecule has 0 aromatic heterocycles. The Morgan fingerprint density at radius 1 is 1.50 bits per heavy atom. The summed E-state index contributed by atoms with van der Waals surface area (Å²) in [4.78, 5) is 10.8. The zero-order valence-electron chi connectivity index (χ0n) is 6.53.